The Labute approximate surface area is 112 Å². The molecule has 0 aromatic carbocycles. The molecule has 0 aliphatic rings. The molecule has 2 heterocycles. The number of hydrogen-bond donors (Lipinski definition) is 1. The molecular formula is C12H18ClN5. The van der Waals surface area contributed by atoms with Gasteiger partial charge >= 0.3 is 0 Å². The molecule has 2 aromatic rings. The number of nitrogens with one attached hydrogen (secondary N) is 1. The van der Waals surface area contributed by atoms with E-state index in [1.807, 2.05) is 6.92 Å². The van der Waals surface area contributed by atoms with Crippen LogP contribution in [-0.2, 0) is 0 Å². The highest BCUT2D eigenvalue weighted by molar-refractivity contribution is 6.30. The predicted molar refractivity (Wildman–Crippen MR) is 73.1 cm³/mol. The van der Waals surface area contributed by atoms with E-state index >= 15 is 0 Å². The highest BCUT2D eigenvalue weighted by atomic mass is 35.5. The van der Waals surface area contributed by atoms with E-state index in [1.54, 1.807) is 4.52 Å². The molecule has 6 heteroatoms. The molecule has 0 bridgehead atoms. The lowest BCUT2D eigenvalue weighted by Crippen LogP contribution is -2.16. The number of nitrogens with zero attached hydrogens (tertiary/aromatic N) is 4. The van der Waals surface area contributed by atoms with Crippen LogP contribution in [0.25, 0.3) is 5.78 Å². The first kappa shape index (κ1) is 13.1. The topological polar surface area (TPSA) is 55.1 Å². The summed E-state index contributed by atoms with van der Waals surface area (Å²) >= 11 is 6.10. The quantitative estimate of drug-likeness (QED) is 0.847. The molecule has 0 radical (unpaired) electrons. The molecule has 0 saturated heterocycles. The number of fused-ring (bicyclic) bond motifs is 1. The molecule has 1 N–H and O–H groups in total. The smallest absolute Gasteiger partial charge is 0.255 e. The Morgan fingerprint density at radius 3 is 2.78 bits per heavy atom. The summed E-state index contributed by atoms with van der Waals surface area (Å²) in [7, 11) is 0. The Balaban J connectivity index is 2.31. The number of hydrogen-bond acceptors (Lipinski definition) is 4. The van der Waals surface area contributed by atoms with Gasteiger partial charge in [0.15, 0.2) is 0 Å². The van der Waals surface area contributed by atoms with E-state index in [9.17, 15) is 0 Å². The number of rotatable bonds is 5. The SMILES string of the molecule is CCC(CC)CNc1c(C)c(Cl)nc2ncnn12. The normalized spacial score (nSPS) is 11.4. The van der Waals surface area contributed by atoms with Gasteiger partial charge in [-0.1, -0.05) is 38.3 Å². The third kappa shape index (κ3) is 2.41. The predicted octanol–water partition coefficient (Wildman–Crippen LogP) is 2.93. The maximum absolute atomic E-state index is 6.10. The van der Waals surface area contributed by atoms with Crippen LogP contribution in [0.5, 0.6) is 0 Å². The van der Waals surface area contributed by atoms with Crippen LogP contribution >= 0.6 is 11.6 Å². The Kier molecular flexibility index (Phi) is 4.01. The van der Waals surface area contributed by atoms with Crippen molar-refractivity contribution in [3.05, 3.63) is 17.0 Å². The van der Waals surface area contributed by atoms with Crippen LogP contribution in [0.1, 0.15) is 32.3 Å². The molecule has 2 rings (SSSR count). The van der Waals surface area contributed by atoms with Gasteiger partial charge in [-0.05, 0) is 12.8 Å². The van der Waals surface area contributed by atoms with E-state index in [4.69, 9.17) is 11.6 Å². The summed E-state index contributed by atoms with van der Waals surface area (Å²) in [6.45, 7) is 7.25. The second-order valence-electron chi connectivity index (χ2n) is 4.41. The fourth-order valence-corrected chi connectivity index (χ4v) is 2.09. The molecule has 0 aliphatic heterocycles. The van der Waals surface area contributed by atoms with Crippen molar-refractivity contribution in [1.82, 2.24) is 19.6 Å². The molecule has 98 valence electrons. The number of aromatic nitrogens is 4. The lowest BCUT2D eigenvalue weighted by molar-refractivity contribution is 0.517. The highest BCUT2D eigenvalue weighted by Crippen LogP contribution is 2.22. The zero-order valence-electron chi connectivity index (χ0n) is 10.9. The van der Waals surface area contributed by atoms with Crippen LogP contribution in [0.15, 0.2) is 6.33 Å². The fraction of sp³-hybridized carbons (Fsp3) is 0.583. The number of halogens is 1. The van der Waals surface area contributed by atoms with Gasteiger partial charge in [0, 0.05) is 12.1 Å². The Hall–Kier alpha value is -1.36. The van der Waals surface area contributed by atoms with Crippen molar-refractivity contribution in [2.75, 3.05) is 11.9 Å². The van der Waals surface area contributed by atoms with Crippen molar-refractivity contribution >= 4 is 23.2 Å². The summed E-state index contributed by atoms with van der Waals surface area (Å²) in [6.07, 6.45) is 3.80. The van der Waals surface area contributed by atoms with Gasteiger partial charge < -0.3 is 5.32 Å². The van der Waals surface area contributed by atoms with Crippen molar-refractivity contribution in [3.63, 3.8) is 0 Å². The molecule has 0 amide bonds. The maximum atomic E-state index is 6.10. The van der Waals surface area contributed by atoms with E-state index in [-0.39, 0.29) is 0 Å². The van der Waals surface area contributed by atoms with Crippen molar-refractivity contribution in [2.24, 2.45) is 5.92 Å². The second kappa shape index (κ2) is 5.52. The van der Waals surface area contributed by atoms with Crippen molar-refractivity contribution in [3.8, 4) is 0 Å². The maximum Gasteiger partial charge on any atom is 0.255 e. The van der Waals surface area contributed by atoms with Crippen LogP contribution in [0.4, 0.5) is 5.82 Å². The van der Waals surface area contributed by atoms with E-state index in [0.29, 0.717) is 16.8 Å². The molecule has 5 nitrogen and oxygen atoms in total. The Bertz CT molecular complexity index is 532. The molecule has 2 aromatic heterocycles. The summed E-state index contributed by atoms with van der Waals surface area (Å²) in [5, 5.41) is 8.07. The van der Waals surface area contributed by atoms with Gasteiger partial charge in [0.25, 0.3) is 5.78 Å². The summed E-state index contributed by atoms with van der Waals surface area (Å²) in [4.78, 5) is 8.24. The minimum absolute atomic E-state index is 0.475. The highest BCUT2D eigenvalue weighted by Gasteiger charge is 2.13. The lowest BCUT2D eigenvalue weighted by Gasteiger charge is -2.16. The third-order valence-electron chi connectivity index (χ3n) is 3.32. The van der Waals surface area contributed by atoms with E-state index in [2.05, 4.69) is 34.2 Å². The zero-order chi connectivity index (χ0) is 13.1. The van der Waals surface area contributed by atoms with Gasteiger partial charge in [0.2, 0.25) is 0 Å². The molecule has 18 heavy (non-hydrogen) atoms. The summed E-state index contributed by atoms with van der Waals surface area (Å²) in [6, 6.07) is 0. The molecule has 0 saturated carbocycles. The van der Waals surface area contributed by atoms with Crippen LogP contribution in [-0.4, -0.2) is 26.1 Å². The first-order valence-electron chi connectivity index (χ1n) is 6.27. The van der Waals surface area contributed by atoms with Crippen LogP contribution < -0.4 is 5.32 Å². The van der Waals surface area contributed by atoms with Gasteiger partial charge in [-0.25, -0.2) is 0 Å². The average Bonchev–Trinajstić information content (AvgIpc) is 2.82. The van der Waals surface area contributed by atoms with Gasteiger partial charge in [0.1, 0.15) is 17.3 Å². The Morgan fingerprint density at radius 1 is 1.39 bits per heavy atom. The monoisotopic (exact) mass is 267 g/mol. The van der Waals surface area contributed by atoms with Crippen molar-refractivity contribution < 1.29 is 0 Å². The standard InChI is InChI=1S/C12H18ClN5/c1-4-9(5-2)6-14-11-8(3)10(13)17-12-15-7-16-18(11)12/h7,9,14H,4-6H2,1-3H3. The molecule has 0 fully saturated rings. The van der Waals surface area contributed by atoms with Crippen molar-refractivity contribution in [1.29, 1.82) is 0 Å². The largest absolute Gasteiger partial charge is 0.369 e. The van der Waals surface area contributed by atoms with Gasteiger partial charge in [-0.2, -0.15) is 19.6 Å². The first-order chi connectivity index (χ1) is 8.67. The molecular weight excluding hydrogens is 250 g/mol. The van der Waals surface area contributed by atoms with Gasteiger partial charge in [-0.3, -0.25) is 0 Å². The fourth-order valence-electron chi connectivity index (χ4n) is 1.92. The van der Waals surface area contributed by atoms with Crippen LogP contribution in [0.2, 0.25) is 5.15 Å². The first-order valence-corrected chi connectivity index (χ1v) is 6.64. The van der Waals surface area contributed by atoms with Gasteiger partial charge in [0.05, 0.1) is 0 Å². The summed E-state index contributed by atoms with van der Waals surface area (Å²) < 4.78 is 1.70. The minimum atomic E-state index is 0.475. The van der Waals surface area contributed by atoms with Crippen LogP contribution in [0, 0.1) is 12.8 Å². The summed E-state index contributed by atoms with van der Waals surface area (Å²) in [5.41, 5.74) is 0.903. The van der Waals surface area contributed by atoms with Crippen molar-refractivity contribution in [2.45, 2.75) is 33.6 Å². The summed E-state index contributed by atoms with van der Waals surface area (Å²) in [5.74, 6) is 2.06. The zero-order valence-corrected chi connectivity index (χ0v) is 11.7. The lowest BCUT2D eigenvalue weighted by atomic mass is 10.0. The molecule has 0 aliphatic carbocycles. The third-order valence-corrected chi connectivity index (χ3v) is 3.69. The van der Waals surface area contributed by atoms with E-state index in [1.165, 1.54) is 6.33 Å². The van der Waals surface area contributed by atoms with Gasteiger partial charge in [-0.15, -0.1) is 0 Å². The Morgan fingerprint density at radius 2 is 2.11 bits per heavy atom. The molecule has 0 spiro atoms. The average molecular weight is 268 g/mol. The van der Waals surface area contributed by atoms with Crippen LogP contribution in [0.3, 0.4) is 0 Å². The van der Waals surface area contributed by atoms with E-state index < -0.39 is 0 Å². The molecule has 0 unspecified atom stereocenters. The number of anilines is 1. The van der Waals surface area contributed by atoms with E-state index in [0.717, 1.165) is 30.8 Å². The second-order valence-corrected chi connectivity index (χ2v) is 4.77. The molecule has 0 atom stereocenters. The minimum Gasteiger partial charge on any atom is -0.369 e.